The Balaban J connectivity index is 3.51. The molecule has 0 unspecified atom stereocenters. The van der Waals surface area contributed by atoms with Crippen molar-refractivity contribution in [2.45, 2.75) is 0 Å². The molecule has 2 nitrogen and oxygen atoms in total. The predicted molar refractivity (Wildman–Crippen MR) is 14.0 cm³/mol. The summed E-state index contributed by atoms with van der Waals surface area (Å²) in [5.74, 6) is 0. The first-order valence-corrected chi connectivity index (χ1v) is 5.01. The Kier molecular flexibility index (Phi) is 3.10. The van der Waals surface area contributed by atoms with E-state index in [2.05, 4.69) is 0 Å². The van der Waals surface area contributed by atoms with Crippen LogP contribution in [0.3, 0.4) is 0 Å². The van der Waals surface area contributed by atoms with Gasteiger partial charge < -0.3 is 0 Å². The molecular formula is CaO2P. The fourth-order valence-electron chi connectivity index (χ4n) is 0. The average Bonchev–Trinajstić information content (AvgIpc) is 0.811. The van der Waals surface area contributed by atoms with E-state index in [1.165, 1.54) is 0 Å². The van der Waals surface area contributed by atoms with Crippen LogP contribution in [0.4, 0.5) is 0 Å². The summed E-state index contributed by atoms with van der Waals surface area (Å²) < 4.78 is 16.2. The van der Waals surface area contributed by atoms with Crippen molar-refractivity contribution in [1.29, 1.82) is 0 Å². The zero-order chi connectivity index (χ0) is 3.58. The molecule has 0 saturated heterocycles. The Hall–Kier alpha value is 1.16. The van der Waals surface area contributed by atoms with Crippen LogP contribution in [-0.4, -0.2) is 35.1 Å². The first kappa shape index (κ1) is 5.16. The maximum atomic E-state index is 9.09. The van der Waals surface area contributed by atoms with Crippen molar-refractivity contribution in [2.75, 3.05) is 0 Å². The molecule has 0 rings (SSSR count). The maximum absolute atomic E-state index is 9.09. The number of rotatable bonds is 0. The molecule has 0 aliphatic rings. The van der Waals surface area contributed by atoms with Gasteiger partial charge in [-0.2, -0.15) is 0 Å². The van der Waals surface area contributed by atoms with Gasteiger partial charge in [0.1, 0.15) is 0 Å². The summed E-state index contributed by atoms with van der Waals surface area (Å²) in [5, 5.41) is 0. The minimum atomic E-state index is -2.00. The summed E-state index contributed by atoms with van der Waals surface area (Å²) in [6.45, 7) is 0. The zero-order valence-electron chi connectivity index (χ0n) is 1.97. The Morgan fingerprint density at radius 1 is 1.50 bits per heavy atom. The number of hydrogen-bond donors (Lipinski definition) is 0. The zero-order valence-corrected chi connectivity index (χ0v) is 5.07. The second kappa shape index (κ2) is 2.40. The molecule has 0 heterocycles. The first-order valence-electron chi connectivity index (χ1n) is 0.681. The van der Waals surface area contributed by atoms with Crippen LogP contribution in [0, 0.1) is 0 Å². The third kappa shape index (κ3) is 11.0. The molecule has 4 heteroatoms. The van der Waals surface area contributed by atoms with Crippen LogP contribution in [0.5, 0.6) is 0 Å². The summed E-state index contributed by atoms with van der Waals surface area (Å²) in [5.41, 5.74) is 0. The molecule has 0 spiro atoms. The van der Waals surface area contributed by atoms with Crippen molar-refractivity contribution in [3.05, 3.63) is 0 Å². The fourth-order valence-corrected chi connectivity index (χ4v) is 0. The Morgan fingerprint density at radius 3 is 1.50 bits per heavy atom. The summed E-state index contributed by atoms with van der Waals surface area (Å²) in [6.07, 6.45) is 0. The van der Waals surface area contributed by atoms with Crippen LogP contribution in [-0.2, 0) is 9.13 Å². The van der Waals surface area contributed by atoms with E-state index in [4.69, 9.17) is 9.13 Å². The predicted octanol–water partition coefficient (Wildman–Crippen LogP) is 0.243. The van der Waals surface area contributed by atoms with Gasteiger partial charge in [0, 0.05) is 0 Å². The SMILES string of the molecule is O=[P](=O)[Ca]. The van der Waals surface area contributed by atoms with Gasteiger partial charge in [0.15, 0.2) is 0 Å². The standard InChI is InChI=1S/Ca.O2P/c;1-3-2. The van der Waals surface area contributed by atoms with Gasteiger partial charge in [-0.15, -0.1) is 0 Å². The van der Waals surface area contributed by atoms with Crippen LogP contribution >= 0.6 is 3.09 Å². The van der Waals surface area contributed by atoms with E-state index in [9.17, 15) is 0 Å². The van der Waals surface area contributed by atoms with E-state index < -0.39 is 3.09 Å². The van der Waals surface area contributed by atoms with Crippen molar-refractivity contribution >= 4 is 38.1 Å². The molecular weight excluding hydrogens is 103 g/mol. The number of hydrogen-bond acceptors (Lipinski definition) is 2. The van der Waals surface area contributed by atoms with Crippen LogP contribution in [0.1, 0.15) is 0 Å². The van der Waals surface area contributed by atoms with Crippen molar-refractivity contribution < 1.29 is 9.13 Å². The molecule has 0 atom stereocenters. The van der Waals surface area contributed by atoms with E-state index in [0.29, 0.717) is 35.1 Å². The van der Waals surface area contributed by atoms with Gasteiger partial charge >= 0.3 is 47.3 Å². The molecule has 0 aliphatic heterocycles. The van der Waals surface area contributed by atoms with E-state index in [1.54, 1.807) is 0 Å². The van der Waals surface area contributed by atoms with E-state index in [1.807, 2.05) is 0 Å². The second-order valence-corrected chi connectivity index (χ2v) is 3.42. The summed E-state index contributed by atoms with van der Waals surface area (Å²) in [4.78, 5) is 0. The second-order valence-electron chi connectivity index (χ2n) is 0.333. The van der Waals surface area contributed by atoms with Crippen LogP contribution in [0.15, 0.2) is 0 Å². The van der Waals surface area contributed by atoms with Gasteiger partial charge in [-0.05, 0) is 0 Å². The average molecular weight is 103 g/mol. The van der Waals surface area contributed by atoms with Crippen molar-refractivity contribution in [2.24, 2.45) is 0 Å². The molecule has 0 saturated carbocycles. The Labute approximate surface area is 46.9 Å². The third-order valence-electron chi connectivity index (χ3n) is 0. The van der Waals surface area contributed by atoms with Crippen molar-refractivity contribution in [1.82, 2.24) is 0 Å². The molecule has 0 bridgehead atoms. The monoisotopic (exact) mass is 103 g/mol. The molecule has 0 aromatic heterocycles. The molecule has 0 aromatic rings. The third-order valence-corrected chi connectivity index (χ3v) is 0. The van der Waals surface area contributed by atoms with Gasteiger partial charge in [-0.3, -0.25) is 0 Å². The molecule has 0 aliphatic carbocycles. The Morgan fingerprint density at radius 2 is 1.50 bits per heavy atom. The normalized spacial score (nSPS) is 5.75. The van der Waals surface area contributed by atoms with Crippen LogP contribution in [0.2, 0.25) is 0 Å². The molecule has 4 heavy (non-hydrogen) atoms. The summed E-state index contributed by atoms with van der Waals surface area (Å²) >= 11 is 0.384. The molecule has 0 fully saturated rings. The van der Waals surface area contributed by atoms with Crippen molar-refractivity contribution in [3.63, 3.8) is 0 Å². The first-order chi connectivity index (χ1) is 1.73. The van der Waals surface area contributed by atoms with Crippen LogP contribution < -0.4 is 0 Å². The van der Waals surface area contributed by atoms with Gasteiger partial charge in [0.25, 0.3) is 0 Å². The van der Waals surface area contributed by atoms with Gasteiger partial charge in [0.2, 0.25) is 0 Å². The molecule has 0 aromatic carbocycles. The van der Waals surface area contributed by atoms with E-state index in [-0.39, 0.29) is 0 Å². The summed E-state index contributed by atoms with van der Waals surface area (Å²) in [7, 11) is 0. The minimum absolute atomic E-state index is 0.384. The van der Waals surface area contributed by atoms with E-state index in [0.717, 1.165) is 0 Å². The molecule has 1 radical (unpaired) electrons. The quantitative estimate of drug-likeness (QED) is 0.325. The van der Waals surface area contributed by atoms with E-state index >= 15 is 0 Å². The Bertz CT molecular complexity index is 54.4. The van der Waals surface area contributed by atoms with Gasteiger partial charge in [0.05, 0.1) is 0 Å². The molecule has 19 valence electrons. The summed E-state index contributed by atoms with van der Waals surface area (Å²) in [6, 6.07) is 0. The topological polar surface area (TPSA) is 34.1 Å². The molecule has 0 amide bonds. The van der Waals surface area contributed by atoms with Crippen LogP contribution in [0.25, 0.3) is 0 Å². The molecule has 0 N–H and O–H groups in total. The van der Waals surface area contributed by atoms with Gasteiger partial charge in [-0.25, -0.2) is 0 Å². The fraction of sp³-hybridized carbons (Fsp3) is 0. The van der Waals surface area contributed by atoms with Gasteiger partial charge in [-0.1, -0.05) is 0 Å². The van der Waals surface area contributed by atoms with Crippen molar-refractivity contribution in [3.8, 4) is 0 Å².